The number of nitrogens with one attached hydrogen (secondary N) is 1. The highest BCUT2D eigenvalue weighted by atomic mass is 35.5. The highest BCUT2D eigenvalue weighted by Crippen LogP contribution is 2.28. The third-order valence-electron chi connectivity index (χ3n) is 4.00. The van der Waals surface area contributed by atoms with Crippen molar-refractivity contribution in [2.45, 2.75) is 39.8 Å². The van der Waals surface area contributed by atoms with Crippen molar-refractivity contribution in [1.29, 1.82) is 0 Å². The van der Waals surface area contributed by atoms with E-state index in [1.165, 1.54) is 0 Å². The molecule has 0 aliphatic heterocycles. The molecule has 0 aliphatic carbocycles. The molecular formula is C19H22ClN5O2. The van der Waals surface area contributed by atoms with Crippen LogP contribution in [0, 0.1) is 6.92 Å². The average Bonchev–Trinajstić information content (AvgIpc) is 3.17. The van der Waals surface area contributed by atoms with Crippen LogP contribution in [-0.4, -0.2) is 31.1 Å². The third-order valence-corrected chi connectivity index (χ3v) is 4.26. The van der Waals surface area contributed by atoms with Crippen molar-refractivity contribution >= 4 is 23.3 Å². The second-order valence-electron chi connectivity index (χ2n) is 6.62. The molecule has 1 aromatic carbocycles. The summed E-state index contributed by atoms with van der Waals surface area (Å²) in [5, 5.41) is 11.9. The van der Waals surface area contributed by atoms with E-state index in [9.17, 15) is 4.79 Å². The first-order valence-corrected chi connectivity index (χ1v) is 9.03. The molecule has 3 aromatic rings. The number of carbonyl (C=O) groups is 1. The smallest absolute Gasteiger partial charge is 0.269 e. The zero-order valence-electron chi connectivity index (χ0n) is 15.7. The van der Waals surface area contributed by atoms with Gasteiger partial charge in [0.2, 0.25) is 0 Å². The van der Waals surface area contributed by atoms with E-state index in [0.29, 0.717) is 17.4 Å². The lowest BCUT2D eigenvalue weighted by Gasteiger charge is -2.24. The van der Waals surface area contributed by atoms with Crippen molar-refractivity contribution in [1.82, 2.24) is 19.6 Å². The predicted molar refractivity (Wildman–Crippen MR) is 105 cm³/mol. The maximum atomic E-state index is 12.7. The first kappa shape index (κ1) is 19.0. The average molecular weight is 388 g/mol. The quantitative estimate of drug-likeness (QED) is 0.697. The Hall–Kier alpha value is -2.80. The fourth-order valence-corrected chi connectivity index (χ4v) is 2.73. The molecule has 7 nitrogen and oxygen atoms in total. The number of benzene rings is 1. The molecule has 2 heterocycles. The monoisotopic (exact) mass is 387 g/mol. The van der Waals surface area contributed by atoms with Gasteiger partial charge in [-0.15, -0.1) is 5.10 Å². The summed E-state index contributed by atoms with van der Waals surface area (Å²) in [6, 6.07) is 11.3. The lowest BCUT2D eigenvalue weighted by atomic mass is 10.1. The minimum atomic E-state index is -1.18. The van der Waals surface area contributed by atoms with Gasteiger partial charge in [0.05, 0.1) is 17.6 Å². The van der Waals surface area contributed by atoms with Crippen molar-refractivity contribution in [3.63, 3.8) is 0 Å². The molecule has 1 N–H and O–H groups in total. The van der Waals surface area contributed by atoms with Crippen LogP contribution < -0.4 is 10.1 Å². The number of para-hydroxylation sites is 1. The number of aryl methyl sites for hydroxylation is 2. The molecule has 0 radical (unpaired) electrons. The van der Waals surface area contributed by atoms with Crippen LogP contribution in [0.5, 0.6) is 5.88 Å². The molecule has 142 valence electrons. The van der Waals surface area contributed by atoms with Gasteiger partial charge in [-0.2, -0.15) is 5.10 Å². The Morgan fingerprint density at radius 3 is 2.63 bits per heavy atom. The van der Waals surface area contributed by atoms with Crippen molar-refractivity contribution in [2.24, 2.45) is 0 Å². The van der Waals surface area contributed by atoms with Crippen LogP contribution in [0.1, 0.15) is 26.5 Å². The maximum Gasteiger partial charge on any atom is 0.269 e. The van der Waals surface area contributed by atoms with Gasteiger partial charge in [0, 0.05) is 12.6 Å². The number of halogens is 1. The zero-order chi connectivity index (χ0) is 19.6. The molecule has 0 saturated heterocycles. The summed E-state index contributed by atoms with van der Waals surface area (Å²) < 4.78 is 9.18. The van der Waals surface area contributed by atoms with Crippen LogP contribution in [-0.2, 0) is 11.3 Å². The summed E-state index contributed by atoms with van der Waals surface area (Å²) in [7, 11) is 0. The molecule has 1 amide bonds. The summed E-state index contributed by atoms with van der Waals surface area (Å²) in [5.41, 5.74) is 0.491. The molecule has 8 heteroatoms. The Morgan fingerprint density at radius 2 is 1.96 bits per heavy atom. The summed E-state index contributed by atoms with van der Waals surface area (Å²) in [5.74, 6) is 0.501. The summed E-state index contributed by atoms with van der Waals surface area (Å²) >= 11 is 6.26. The SMILES string of the molecule is CCn1nc(C)cc1NC(=O)C(C)(C)Oc1nn(-c2ccccc2)cc1Cl. The summed E-state index contributed by atoms with van der Waals surface area (Å²) in [6.45, 7) is 7.82. The second kappa shape index (κ2) is 7.44. The fraction of sp³-hybridized carbons (Fsp3) is 0.316. The molecule has 2 aromatic heterocycles. The van der Waals surface area contributed by atoms with E-state index < -0.39 is 5.60 Å². The molecule has 0 spiro atoms. The second-order valence-corrected chi connectivity index (χ2v) is 7.02. The lowest BCUT2D eigenvalue weighted by Crippen LogP contribution is -2.43. The van der Waals surface area contributed by atoms with Gasteiger partial charge in [0.25, 0.3) is 11.8 Å². The van der Waals surface area contributed by atoms with Gasteiger partial charge in [-0.25, -0.2) is 9.36 Å². The standard InChI is InChI=1S/C19H22ClN5O2/c1-5-24-16(11-13(2)22-24)21-18(26)19(3,4)27-17-15(20)12-25(23-17)14-9-7-6-8-10-14/h6-12H,5H2,1-4H3,(H,21,26). The predicted octanol–water partition coefficient (Wildman–Crippen LogP) is 3.85. The van der Waals surface area contributed by atoms with E-state index in [1.807, 2.05) is 50.2 Å². The zero-order valence-corrected chi connectivity index (χ0v) is 16.5. The van der Waals surface area contributed by atoms with E-state index in [2.05, 4.69) is 15.5 Å². The van der Waals surface area contributed by atoms with Gasteiger partial charge in [0.1, 0.15) is 10.8 Å². The molecule has 0 unspecified atom stereocenters. The van der Waals surface area contributed by atoms with Crippen molar-refractivity contribution in [3.8, 4) is 11.6 Å². The first-order chi connectivity index (χ1) is 12.8. The van der Waals surface area contributed by atoms with Crippen molar-refractivity contribution < 1.29 is 9.53 Å². The van der Waals surface area contributed by atoms with Crippen LogP contribution >= 0.6 is 11.6 Å². The Labute approximate surface area is 162 Å². The van der Waals surface area contributed by atoms with E-state index in [-0.39, 0.29) is 11.8 Å². The summed E-state index contributed by atoms with van der Waals surface area (Å²) in [4.78, 5) is 12.7. The van der Waals surface area contributed by atoms with Crippen LogP contribution in [0.2, 0.25) is 5.02 Å². The molecule has 0 aliphatic rings. The minimum absolute atomic E-state index is 0.195. The van der Waals surface area contributed by atoms with Gasteiger partial charge >= 0.3 is 0 Å². The Balaban J connectivity index is 1.77. The number of carbonyl (C=O) groups excluding carboxylic acids is 1. The molecule has 0 fully saturated rings. The number of rotatable bonds is 6. The highest BCUT2D eigenvalue weighted by molar-refractivity contribution is 6.31. The highest BCUT2D eigenvalue weighted by Gasteiger charge is 2.32. The molecule has 0 bridgehead atoms. The third kappa shape index (κ3) is 4.14. The number of aromatic nitrogens is 4. The van der Waals surface area contributed by atoms with Crippen molar-refractivity contribution in [2.75, 3.05) is 5.32 Å². The number of amides is 1. The van der Waals surface area contributed by atoms with E-state index in [0.717, 1.165) is 11.4 Å². The first-order valence-electron chi connectivity index (χ1n) is 8.65. The van der Waals surface area contributed by atoms with Gasteiger partial charge in [0.15, 0.2) is 5.60 Å². The number of hydrogen-bond acceptors (Lipinski definition) is 4. The van der Waals surface area contributed by atoms with Gasteiger partial charge in [-0.1, -0.05) is 29.8 Å². The number of hydrogen-bond donors (Lipinski definition) is 1. The van der Waals surface area contributed by atoms with Crippen LogP contribution in [0.15, 0.2) is 42.6 Å². The molecule has 3 rings (SSSR count). The van der Waals surface area contributed by atoms with Crippen molar-refractivity contribution in [3.05, 3.63) is 53.3 Å². The normalized spacial score (nSPS) is 11.4. The van der Waals surface area contributed by atoms with Crippen LogP contribution in [0.25, 0.3) is 5.69 Å². The number of nitrogens with zero attached hydrogens (tertiary/aromatic N) is 4. The van der Waals surface area contributed by atoms with E-state index in [1.54, 1.807) is 29.4 Å². The summed E-state index contributed by atoms with van der Waals surface area (Å²) in [6.07, 6.45) is 1.65. The van der Waals surface area contributed by atoms with Crippen LogP contribution in [0.3, 0.4) is 0 Å². The van der Waals surface area contributed by atoms with Gasteiger partial charge in [-0.3, -0.25) is 4.79 Å². The maximum absolute atomic E-state index is 12.7. The minimum Gasteiger partial charge on any atom is -0.459 e. The Kier molecular flexibility index (Phi) is 5.23. The largest absolute Gasteiger partial charge is 0.459 e. The fourth-order valence-electron chi connectivity index (χ4n) is 2.56. The van der Waals surface area contributed by atoms with Gasteiger partial charge in [-0.05, 0) is 39.8 Å². The van der Waals surface area contributed by atoms with E-state index in [4.69, 9.17) is 16.3 Å². The molecule has 0 atom stereocenters. The lowest BCUT2D eigenvalue weighted by molar-refractivity contribution is -0.128. The Morgan fingerprint density at radius 1 is 1.26 bits per heavy atom. The van der Waals surface area contributed by atoms with Crippen LogP contribution in [0.4, 0.5) is 5.82 Å². The number of ether oxygens (including phenoxy) is 1. The molecule has 27 heavy (non-hydrogen) atoms. The molecular weight excluding hydrogens is 366 g/mol. The topological polar surface area (TPSA) is 74.0 Å². The van der Waals surface area contributed by atoms with Gasteiger partial charge < -0.3 is 10.1 Å². The van der Waals surface area contributed by atoms with E-state index >= 15 is 0 Å². The number of anilines is 1. The molecule has 0 saturated carbocycles. The Bertz CT molecular complexity index is 946.